The average Bonchev–Trinajstić information content (AvgIpc) is 3.24. The van der Waals surface area contributed by atoms with E-state index in [1.54, 1.807) is 0 Å². The predicted molar refractivity (Wildman–Crippen MR) is 256 cm³/mol. The van der Waals surface area contributed by atoms with Crippen LogP contribution >= 0.6 is 0 Å². The number of hydrogen-bond donors (Lipinski definition) is 0. The Morgan fingerprint density at radius 2 is 0.650 bits per heavy atom. The Balaban J connectivity index is 4.29. The fourth-order valence-electron chi connectivity index (χ4n) is 7.52. The number of hydrogen-bond acceptors (Lipinski definition) is 6. The lowest BCUT2D eigenvalue weighted by molar-refractivity contribution is -0.167. The second-order valence-electron chi connectivity index (χ2n) is 17.4. The van der Waals surface area contributed by atoms with E-state index in [9.17, 15) is 14.4 Å². The molecule has 0 bridgehead atoms. The van der Waals surface area contributed by atoms with Gasteiger partial charge in [-0.15, -0.1) is 0 Å². The number of carbonyl (C=O) groups is 3. The summed E-state index contributed by atoms with van der Waals surface area (Å²) in [5.41, 5.74) is 0. The van der Waals surface area contributed by atoms with Crippen LogP contribution in [0, 0.1) is 0 Å². The van der Waals surface area contributed by atoms with Crippen molar-refractivity contribution in [3.8, 4) is 0 Å². The summed E-state index contributed by atoms with van der Waals surface area (Å²) in [5.74, 6) is -0.884. The Hall–Kier alpha value is -2.37. The van der Waals surface area contributed by atoms with Gasteiger partial charge in [0.15, 0.2) is 6.10 Å². The number of esters is 3. The molecule has 0 aliphatic heterocycles. The minimum absolute atomic E-state index is 0.0753. The molecule has 0 rings (SSSR count). The molecule has 0 aromatic carbocycles. The van der Waals surface area contributed by atoms with E-state index in [1.807, 2.05) is 0 Å². The van der Waals surface area contributed by atoms with Gasteiger partial charge in [-0.2, -0.15) is 0 Å². The molecule has 1 atom stereocenters. The summed E-state index contributed by atoms with van der Waals surface area (Å²) < 4.78 is 16.8. The molecule has 0 amide bonds. The Bertz CT molecular complexity index is 1020. The van der Waals surface area contributed by atoms with Crippen molar-refractivity contribution in [1.82, 2.24) is 0 Å². The van der Waals surface area contributed by atoms with Crippen molar-refractivity contribution in [2.75, 3.05) is 13.2 Å². The normalized spacial score (nSPS) is 12.2. The summed E-state index contributed by atoms with van der Waals surface area (Å²) in [6.07, 6.45) is 57.1. The topological polar surface area (TPSA) is 78.9 Å². The molecule has 0 aromatic rings. The Labute approximate surface area is 372 Å². The lowest BCUT2D eigenvalue weighted by Gasteiger charge is -2.18. The molecule has 350 valence electrons. The first kappa shape index (κ1) is 57.6. The quantitative estimate of drug-likeness (QED) is 0.0263. The molecule has 0 fully saturated rings. The molecule has 0 spiro atoms. The SMILES string of the molecule is CC/C=C\C/C=C\C/C=C\CCCCCCCC(=O)OC(COC(=O)CCCCCCCCCCC)COC(=O)CCCCCCCCCCCCCCCCCCCC. The maximum atomic E-state index is 12.8. The first-order valence-corrected chi connectivity index (χ1v) is 26.0. The van der Waals surface area contributed by atoms with Gasteiger partial charge in [0.25, 0.3) is 0 Å². The highest BCUT2D eigenvalue weighted by molar-refractivity contribution is 5.71. The summed E-state index contributed by atoms with van der Waals surface area (Å²) in [6, 6.07) is 0. The van der Waals surface area contributed by atoms with Gasteiger partial charge in [0.05, 0.1) is 0 Å². The zero-order valence-electron chi connectivity index (χ0n) is 40.0. The maximum absolute atomic E-state index is 12.8. The van der Waals surface area contributed by atoms with Gasteiger partial charge < -0.3 is 14.2 Å². The lowest BCUT2D eigenvalue weighted by Crippen LogP contribution is -2.30. The van der Waals surface area contributed by atoms with Crippen LogP contribution in [0.3, 0.4) is 0 Å². The van der Waals surface area contributed by atoms with Crippen LogP contribution in [0.5, 0.6) is 0 Å². The molecule has 6 nitrogen and oxygen atoms in total. The molecule has 6 heteroatoms. The number of unbranched alkanes of at least 4 members (excludes halogenated alkanes) is 30. The summed E-state index contributed by atoms with van der Waals surface area (Å²) in [5, 5.41) is 0. The minimum Gasteiger partial charge on any atom is -0.462 e. The van der Waals surface area contributed by atoms with E-state index in [-0.39, 0.29) is 31.1 Å². The van der Waals surface area contributed by atoms with Crippen LogP contribution in [0.15, 0.2) is 36.5 Å². The van der Waals surface area contributed by atoms with Gasteiger partial charge in [0.2, 0.25) is 0 Å². The Morgan fingerprint density at radius 1 is 0.350 bits per heavy atom. The van der Waals surface area contributed by atoms with Crippen molar-refractivity contribution in [3.05, 3.63) is 36.5 Å². The zero-order valence-corrected chi connectivity index (χ0v) is 40.0. The molecule has 1 unspecified atom stereocenters. The summed E-state index contributed by atoms with van der Waals surface area (Å²) in [6.45, 7) is 6.52. The molecule has 0 saturated heterocycles. The fourth-order valence-corrected chi connectivity index (χ4v) is 7.52. The van der Waals surface area contributed by atoms with E-state index in [2.05, 4.69) is 57.2 Å². The molecule has 0 N–H and O–H groups in total. The number of ether oxygens (including phenoxy) is 3. The second kappa shape index (κ2) is 49.3. The monoisotopic (exact) mass is 843 g/mol. The van der Waals surface area contributed by atoms with E-state index in [1.165, 1.54) is 135 Å². The van der Waals surface area contributed by atoms with Crippen molar-refractivity contribution < 1.29 is 28.6 Å². The molecule has 0 radical (unpaired) electrons. The highest BCUT2D eigenvalue weighted by Crippen LogP contribution is 2.16. The van der Waals surface area contributed by atoms with E-state index < -0.39 is 6.10 Å². The highest BCUT2D eigenvalue weighted by Gasteiger charge is 2.19. The van der Waals surface area contributed by atoms with Crippen LogP contribution in [-0.4, -0.2) is 37.2 Å². The third-order valence-electron chi connectivity index (χ3n) is 11.4. The average molecular weight is 843 g/mol. The lowest BCUT2D eigenvalue weighted by atomic mass is 10.0. The van der Waals surface area contributed by atoms with E-state index >= 15 is 0 Å². The number of rotatable bonds is 47. The molecular weight excluding hydrogens is 745 g/mol. The molecule has 0 aromatic heterocycles. The van der Waals surface area contributed by atoms with Gasteiger partial charge in [-0.3, -0.25) is 14.4 Å². The van der Waals surface area contributed by atoms with Gasteiger partial charge >= 0.3 is 17.9 Å². The van der Waals surface area contributed by atoms with Gasteiger partial charge in [0.1, 0.15) is 13.2 Å². The van der Waals surface area contributed by atoms with Crippen molar-refractivity contribution >= 4 is 17.9 Å². The Morgan fingerprint density at radius 3 is 1.02 bits per heavy atom. The van der Waals surface area contributed by atoms with Gasteiger partial charge in [-0.1, -0.05) is 237 Å². The molecule has 60 heavy (non-hydrogen) atoms. The van der Waals surface area contributed by atoms with E-state index in [0.717, 1.165) is 96.3 Å². The van der Waals surface area contributed by atoms with E-state index in [0.29, 0.717) is 19.3 Å². The third kappa shape index (κ3) is 46.7. The van der Waals surface area contributed by atoms with Crippen LogP contribution in [0.4, 0.5) is 0 Å². The van der Waals surface area contributed by atoms with Crippen molar-refractivity contribution in [1.29, 1.82) is 0 Å². The van der Waals surface area contributed by atoms with E-state index in [4.69, 9.17) is 14.2 Å². The summed E-state index contributed by atoms with van der Waals surface area (Å²) in [4.78, 5) is 37.9. The zero-order chi connectivity index (χ0) is 43.7. The van der Waals surface area contributed by atoms with Crippen LogP contribution in [0.1, 0.15) is 271 Å². The predicted octanol–water partition coefficient (Wildman–Crippen LogP) is 16.9. The molecule has 0 aliphatic carbocycles. The maximum Gasteiger partial charge on any atom is 0.306 e. The molecular formula is C54H98O6. The fraction of sp³-hybridized carbons (Fsp3) is 0.833. The first-order valence-electron chi connectivity index (χ1n) is 26.0. The standard InChI is InChI=1S/C54H98O6/c1-4-7-10-13-16-19-21-23-25-26-27-29-30-32-35-38-41-44-47-53(56)59-50-51(49-58-52(55)46-43-40-37-34-18-15-12-9-6-3)60-54(57)48-45-42-39-36-33-31-28-24-22-20-17-14-11-8-5-2/h8,11,17,20,24,28,51H,4-7,9-10,12-16,18-19,21-23,25-27,29-50H2,1-3H3/b11-8-,20-17-,28-24-. The van der Waals surface area contributed by atoms with Crippen molar-refractivity contribution in [2.45, 2.75) is 277 Å². The van der Waals surface area contributed by atoms with Gasteiger partial charge in [-0.05, 0) is 51.4 Å². The molecule has 0 aliphatic rings. The Kier molecular flexibility index (Phi) is 47.3. The summed E-state index contributed by atoms with van der Waals surface area (Å²) in [7, 11) is 0. The smallest absolute Gasteiger partial charge is 0.306 e. The number of carbonyl (C=O) groups excluding carboxylic acids is 3. The van der Waals surface area contributed by atoms with Crippen LogP contribution in [0.2, 0.25) is 0 Å². The third-order valence-corrected chi connectivity index (χ3v) is 11.4. The van der Waals surface area contributed by atoms with Crippen LogP contribution in [-0.2, 0) is 28.6 Å². The first-order chi connectivity index (χ1) is 29.5. The molecule has 0 saturated carbocycles. The highest BCUT2D eigenvalue weighted by atomic mass is 16.6. The summed E-state index contributed by atoms with van der Waals surface area (Å²) >= 11 is 0. The second-order valence-corrected chi connectivity index (χ2v) is 17.4. The minimum atomic E-state index is -0.775. The van der Waals surface area contributed by atoms with Gasteiger partial charge in [0, 0.05) is 19.3 Å². The van der Waals surface area contributed by atoms with Crippen molar-refractivity contribution in [2.24, 2.45) is 0 Å². The van der Waals surface area contributed by atoms with Gasteiger partial charge in [-0.25, -0.2) is 0 Å². The van der Waals surface area contributed by atoms with Crippen molar-refractivity contribution in [3.63, 3.8) is 0 Å². The van der Waals surface area contributed by atoms with Crippen LogP contribution in [0.25, 0.3) is 0 Å². The molecule has 0 heterocycles. The van der Waals surface area contributed by atoms with Crippen LogP contribution < -0.4 is 0 Å². The largest absolute Gasteiger partial charge is 0.462 e. The number of allylic oxidation sites excluding steroid dienone is 6.